The SMILES string of the molecule is CCCC1=NC2=C3NN=NN3C(C)=C(C)C2N1CCCC(=O)OCC. The third kappa shape index (κ3) is 3.12. The van der Waals surface area contributed by atoms with Gasteiger partial charge in [-0.25, -0.2) is 10.4 Å². The number of rotatable bonds is 7. The standard InChI is InChI=1S/C17H26N6O2/c1-5-8-13-18-15-16(22(13)10-7-9-14(24)25-6-2)11(3)12(4)23-17(15)19-20-21-23/h16H,5-10H2,1-4H3,(H,19,21). The van der Waals surface area contributed by atoms with E-state index in [2.05, 4.69) is 34.6 Å². The number of carbonyl (C=O) groups is 1. The highest BCUT2D eigenvalue weighted by molar-refractivity contribution is 5.87. The first-order chi connectivity index (χ1) is 12.1. The zero-order chi connectivity index (χ0) is 18.0. The molecular formula is C17H26N6O2. The van der Waals surface area contributed by atoms with E-state index in [-0.39, 0.29) is 12.0 Å². The summed E-state index contributed by atoms with van der Waals surface area (Å²) in [5.74, 6) is 1.78. The number of allylic oxidation sites excluding steroid dienone is 1. The lowest BCUT2D eigenvalue weighted by Crippen LogP contribution is -2.41. The number of amidine groups is 1. The molecule has 0 bridgehead atoms. The van der Waals surface area contributed by atoms with E-state index in [9.17, 15) is 4.79 Å². The molecule has 136 valence electrons. The van der Waals surface area contributed by atoms with Crippen LogP contribution in [-0.4, -0.2) is 40.9 Å². The molecule has 8 heteroatoms. The van der Waals surface area contributed by atoms with Gasteiger partial charge in [0.25, 0.3) is 0 Å². The Morgan fingerprint density at radius 1 is 1.32 bits per heavy atom. The third-order valence-electron chi connectivity index (χ3n) is 4.75. The van der Waals surface area contributed by atoms with Gasteiger partial charge in [-0.2, -0.15) is 5.01 Å². The quantitative estimate of drug-likeness (QED) is 0.717. The predicted octanol–water partition coefficient (Wildman–Crippen LogP) is 2.88. The molecule has 1 N–H and O–H groups in total. The molecule has 1 atom stereocenters. The number of ether oxygens (including phenoxy) is 1. The molecule has 0 spiro atoms. The summed E-state index contributed by atoms with van der Waals surface area (Å²) in [6.07, 6.45) is 3.11. The maximum atomic E-state index is 11.6. The number of hydrogen-bond acceptors (Lipinski definition) is 8. The molecule has 3 aliphatic heterocycles. The van der Waals surface area contributed by atoms with Crippen LogP contribution in [0, 0.1) is 0 Å². The average molecular weight is 346 g/mol. The van der Waals surface area contributed by atoms with Crippen molar-refractivity contribution in [2.45, 2.75) is 59.4 Å². The topological polar surface area (TPSA) is 81.9 Å². The molecular weight excluding hydrogens is 320 g/mol. The second kappa shape index (κ2) is 7.25. The Balaban J connectivity index is 1.81. The van der Waals surface area contributed by atoms with Crippen molar-refractivity contribution in [3.05, 3.63) is 22.8 Å². The maximum absolute atomic E-state index is 11.6. The van der Waals surface area contributed by atoms with Crippen molar-refractivity contribution in [1.82, 2.24) is 15.3 Å². The lowest BCUT2D eigenvalue weighted by atomic mass is 9.99. The average Bonchev–Trinajstić information content (AvgIpc) is 3.19. The first kappa shape index (κ1) is 17.4. The van der Waals surface area contributed by atoms with Gasteiger partial charge >= 0.3 is 5.97 Å². The summed E-state index contributed by atoms with van der Waals surface area (Å²) in [4.78, 5) is 18.9. The second-order valence-corrected chi connectivity index (χ2v) is 6.40. The fraction of sp³-hybridized carbons (Fsp3) is 0.647. The van der Waals surface area contributed by atoms with Crippen molar-refractivity contribution in [3.8, 4) is 0 Å². The fourth-order valence-electron chi connectivity index (χ4n) is 3.46. The van der Waals surface area contributed by atoms with Gasteiger partial charge in [0.2, 0.25) is 0 Å². The van der Waals surface area contributed by atoms with Crippen LogP contribution in [0.2, 0.25) is 0 Å². The Kier molecular flexibility index (Phi) is 5.06. The molecule has 3 aliphatic rings. The minimum atomic E-state index is -0.137. The van der Waals surface area contributed by atoms with E-state index in [4.69, 9.17) is 9.73 Å². The first-order valence-corrected chi connectivity index (χ1v) is 8.96. The number of fused-ring (bicyclic) bond motifs is 2. The Morgan fingerprint density at radius 2 is 2.12 bits per heavy atom. The fourth-order valence-corrected chi connectivity index (χ4v) is 3.46. The van der Waals surface area contributed by atoms with Crippen molar-refractivity contribution in [3.63, 3.8) is 0 Å². The van der Waals surface area contributed by atoms with Crippen molar-refractivity contribution in [2.24, 2.45) is 15.4 Å². The Bertz CT molecular complexity index is 679. The van der Waals surface area contributed by atoms with E-state index >= 15 is 0 Å². The van der Waals surface area contributed by atoms with Crippen molar-refractivity contribution in [2.75, 3.05) is 13.2 Å². The van der Waals surface area contributed by atoms with E-state index in [1.807, 2.05) is 18.9 Å². The highest BCUT2D eigenvalue weighted by atomic mass is 16.5. The largest absolute Gasteiger partial charge is 0.466 e. The molecule has 0 aromatic rings. The van der Waals surface area contributed by atoms with E-state index in [0.29, 0.717) is 13.0 Å². The molecule has 0 aliphatic carbocycles. The summed E-state index contributed by atoms with van der Waals surface area (Å²) in [6, 6.07) is 0.0889. The van der Waals surface area contributed by atoms with Crippen molar-refractivity contribution < 1.29 is 9.53 Å². The molecule has 25 heavy (non-hydrogen) atoms. The van der Waals surface area contributed by atoms with Gasteiger partial charge in [0, 0.05) is 25.1 Å². The zero-order valence-electron chi connectivity index (χ0n) is 15.4. The van der Waals surface area contributed by atoms with Crippen LogP contribution in [0.3, 0.4) is 0 Å². The lowest BCUT2D eigenvalue weighted by Gasteiger charge is -2.34. The minimum absolute atomic E-state index is 0.0889. The summed E-state index contributed by atoms with van der Waals surface area (Å²) in [5.41, 5.74) is 6.23. The van der Waals surface area contributed by atoms with Crippen LogP contribution in [0.25, 0.3) is 0 Å². The molecule has 3 heterocycles. The molecule has 3 rings (SSSR count). The van der Waals surface area contributed by atoms with Gasteiger partial charge in [-0.1, -0.05) is 6.92 Å². The molecule has 0 amide bonds. The van der Waals surface area contributed by atoms with Crippen LogP contribution in [-0.2, 0) is 9.53 Å². The summed E-state index contributed by atoms with van der Waals surface area (Å²) >= 11 is 0. The summed E-state index contributed by atoms with van der Waals surface area (Å²) in [6.45, 7) is 9.35. The summed E-state index contributed by atoms with van der Waals surface area (Å²) in [7, 11) is 0. The van der Waals surface area contributed by atoms with Gasteiger partial charge in [-0.15, -0.1) is 0 Å². The molecule has 1 unspecified atom stereocenters. The van der Waals surface area contributed by atoms with Gasteiger partial charge in [0.1, 0.15) is 11.5 Å². The van der Waals surface area contributed by atoms with Gasteiger partial charge in [-0.3, -0.25) is 4.79 Å². The van der Waals surface area contributed by atoms with E-state index < -0.39 is 0 Å². The van der Waals surface area contributed by atoms with Crippen LogP contribution in [0.15, 0.2) is 38.2 Å². The molecule has 0 aromatic heterocycles. The highest BCUT2D eigenvalue weighted by Gasteiger charge is 2.41. The minimum Gasteiger partial charge on any atom is -0.466 e. The van der Waals surface area contributed by atoms with E-state index in [0.717, 1.165) is 48.9 Å². The number of nitrogens with one attached hydrogen (secondary N) is 1. The normalized spacial score (nSPS) is 21.4. The van der Waals surface area contributed by atoms with Gasteiger partial charge in [-0.05, 0) is 49.6 Å². The highest BCUT2D eigenvalue weighted by Crippen LogP contribution is 2.39. The van der Waals surface area contributed by atoms with Crippen molar-refractivity contribution in [1.29, 1.82) is 0 Å². The number of nitrogens with zero attached hydrogens (tertiary/aromatic N) is 5. The summed E-state index contributed by atoms with van der Waals surface area (Å²) < 4.78 is 5.03. The Hall–Kier alpha value is -2.38. The Labute approximate surface area is 148 Å². The smallest absolute Gasteiger partial charge is 0.305 e. The zero-order valence-corrected chi connectivity index (χ0v) is 15.4. The molecule has 0 fully saturated rings. The van der Waals surface area contributed by atoms with Crippen LogP contribution >= 0.6 is 0 Å². The third-order valence-corrected chi connectivity index (χ3v) is 4.75. The maximum Gasteiger partial charge on any atom is 0.305 e. The van der Waals surface area contributed by atoms with Gasteiger partial charge in [0.05, 0.1) is 12.6 Å². The lowest BCUT2D eigenvalue weighted by molar-refractivity contribution is -0.143. The summed E-state index contributed by atoms with van der Waals surface area (Å²) in [5, 5.41) is 9.88. The number of carbonyl (C=O) groups excluding carboxylic acids is 1. The number of hydrogen-bond donors (Lipinski definition) is 1. The van der Waals surface area contributed by atoms with Crippen LogP contribution in [0.5, 0.6) is 0 Å². The molecule has 0 saturated heterocycles. The molecule has 0 aromatic carbocycles. The van der Waals surface area contributed by atoms with Crippen molar-refractivity contribution >= 4 is 11.8 Å². The first-order valence-electron chi connectivity index (χ1n) is 8.96. The number of aliphatic imine (C=N–C) groups is 1. The monoisotopic (exact) mass is 346 g/mol. The second-order valence-electron chi connectivity index (χ2n) is 6.40. The molecule has 8 nitrogen and oxygen atoms in total. The molecule has 0 saturated carbocycles. The number of esters is 1. The van der Waals surface area contributed by atoms with Crippen LogP contribution < -0.4 is 5.43 Å². The van der Waals surface area contributed by atoms with Gasteiger partial charge in [0.15, 0.2) is 5.82 Å². The Morgan fingerprint density at radius 3 is 2.84 bits per heavy atom. The van der Waals surface area contributed by atoms with Crippen LogP contribution in [0.4, 0.5) is 0 Å². The van der Waals surface area contributed by atoms with Crippen LogP contribution in [0.1, 0.15) is 53.4 Å². The van der Waals surface area contributed by atoms with Gasteiger partial charge < -0.3 is 9.64 Å². The van der Waals surface area contributed by atoms with E-state index in [1.165, 1.54) is 5.57 Å². The molecule has 0 radical (unpaired) electrons. The van der Waals surface area contributed by atoms with E-state index in [1.54, 1.807) is 0 Å². The predicted molar refractivity (Wildman–Crippen MR) is 93.9 cm³/mol.